The number of nitrogens with one attached hydrogen (secondary N) is 1. The van der Waals surface area contributed by atoms with Gasteiger partial charge in [-0.05, 0) is 68.8 Å². The Labute approximate surface area is 202 Å². The average molecular weight is 465 g/mol. The minimum absolute atomic E-state index is 0.0129. The highest BCUT2D eigenvalue weighted by Gasteiger charge is 2.22. The van der Waals surface area contributed by atoms with E-state index < -0.39 is 0 Å². The summed E-state index contributed by atoms with van der Waals surface area (Å²) >= 11 is 0. The molecule has 7 heteroatoms. The molecule has 2 aromatic carbocycles. The van der Waals surface area contributed by atoms with Crippen molar-refractivity contribution in [2.45, 2.75) is 45.2 Å². The summed E-state index contributed by atoms with van der Waals surface area (Å²) in [6.45, 7) is 4.33. The first-order valence-corrected chi connectivity index (χ1v) is 12.1. The molecule has 182 valence electrons. The first-order chi connectivity index (χ1) is 16.4. The van der Waals surface area contributed by atoms with E-state index in [1.807, 2.05) is 19.4 Å². The fourth-order valence-electron chi connectivity index (χ4n) is 4.65. The lowest BCUT2D eigenvalue weighted by Gasteiger charge is -2.27. The van der Waals surface area contributed by atoms with E-state index in [-0.39, 0.29) is 5.91 Å². The Morgan fingerprint density at radius 2 is 1.91 bits per heavy atom. The number of aryl methyl sites for hydroxylation is 1. The summed E-state index contributed by atoms with van der Waals surface area (Å²) in [5.74, 6) is 2.08. The third-order valence-electron chi connectivity index (χ3n) is 6.36. The molecule has 0 bridgehead atoms. The van der Waals surface area contributed by atoms with Crippen LogP contribution >= 0.6 is 0 Å². The Kier molecular flexibility index (Phi) is 7.73. The number of fused-ring (bicyclic) bond motifs is 2. The molecule has 2 unspecified atom stereocenters. The van der Waals surface area contributed by atoms with E-state index in [1.165, 1.54) is 23.9 Å². The molecular formula is C27H36N4O3. The number of nitrogens with zero attached hydrogens (tertiary/aromatic N) is 3. The molecule has 1 fully saturated rings. The van der Waals surface area contributed by atoms with E-state index in [9.17, 15) is 4.79 Å². The van der Waals surface area contributed by atoms with Gasteiger partial charge in [-0.3, -0.25) is 4.79 Å². The van der Waals surface area contributed by atoms with Crippen molar-refractivity contribution in [3.8, 4) is 11.5 Å². The van der Waals surface area contributed by atoms with Crippen molar-refractivity contribution < 1.29 is 14.3 Å². The number of imidazole rings is 1. The van der Waals surface area contributed by atoms with Crippen molar-refractivity contribution in [3.05, 3.63) is 53.9 Å². The third kappa shape index (κ3) is 6.08. The summed E-state index contributed by atoms with van der Waals surface area (Å²) in [6.07, 6.45) is 6.49. The van der Waals surface area contributed by atoms with Gasteiger partial charge in [-0.15, -0.1) is 0 Å². The number of carbonyl (C=O) groups is 1. The fraction of sp³-hybridized carbons (Fsp3) is 0.481. The summed E-state index contributed by atoms with van der Waals surface area (Å²) in [6, 6.07) is 12.1. The molecule has 1 saturated carbocycles. The summed E-state index contributed by atoms with van der Waals surface area (Å²) in [5, 5.41) is 3.14. The molecule has 3 aromatic rings. The van der Waals surface area contributed by atoms with Gasteiger partial charge in [0.25, 0.3) is 5.91 Å². The molecule has 2 heterocycles. The zero-order valence-corrected chi connectivity index (χ0v) is 20.7. The number of ether oxygens (including phenoxy) is 2. The standard InChI is InChI=1S/C16H21NO3.C11H15N3/c1-11-3-2-4-13(9-11)17-16(18)12-5-6-14-15(10-12)20-8-7-19-14;1-13(2)7-9-4-5-10-11(6-9)14(3)8-12-10/h5-6,10-11,13H,2-4,7-9H2,1H3,(H,17,18);4-6,8H,7H2,1-3H3. The van der Waals surface area contributed by atoms with E-state index >= 15 is 0 Å². The number of carbonyl (C=O) groups excluding carboxylic acids is 1. The predicted molar refractivity (Wildman–Crippen MR) is 134 cm³/mol. The maximum atomic E-state index is 12.3. The van der Waals surface area contributed by atoms with Gasteiger partial charge in [0.05, 0.1) is 17.4 Å². The number of benzene rings is 2. The second kappa shape index (κ2) is 10.9. The molecule has 2 aliphatic rings. The second-order valence-electron chi connectivity index (χ2n) is 9.72. The van der Waals surface area contributed by atoms with Crippen molar-refractivity contribution in [3.63, 3.8) is 0 Å². The largest absolute Gasteiger partial charge is 0.486 e. The topological polar surface area (TPSA) is 68.6 Å². The molecule has 1 aromatic heterocycles. The Balaban J connectivity index is 0.000000172. The monoisotopic (exact) mass is 464 g/mol. The van der Waals surface area contributed by atoms with Crippen molar-refractivity contribution in [1.82, 2.24) is 19.8 Å². The number of amides is 1. The molecule has 1 aliphatic carbocycles. The quantitative estimate of drug-likeness (QED) is 0.620. The number of hydrogen-bond donors (Lipinski definition) is 1. The van der Waals surface area contributed by atoms with Crippen molar-refractivity contribution >= 4 is 16.9 Å². The van der Waals surface area contributed by atoms with E-state index in [2.05, 4.69) is 59.0 Å². The van der Waals surface area contributed by atoms with Crippen LogP contribution in [0.4, 0.5) is 0 Å². The summed E-state index contributed by atoms with van der Waals surface area (Å²) < 4.78 is 13.0. The van der Waals surface area contributed by atoms with Crippen LogP contribution in [0.3, 0.4) is 0 Å². The zero-order chi connectivity index (χ0) is 24.1. The normalized spacial score (nSPS) is 19.4. The minimum Gasteiger partial charge on any atom is -0.486 e. The second-order valence-corrected chi connectivity index (χ2v) is 9.72. The van der Waals surface area contributed by atoms with Crippen molar-refractivity contribution in [2.24, 2.45) is 13.0 Å². The minimum atomic E-state index is -0.0129. The van der Waals surface area contributed by atoms with Crippen LogP contribution in [0.2, 0.25) is 0 Å². The lowest BCUT2D eigenvalue weighted by atomic mass is 9.87. The van der Waals surface area contributed by atoms with Crippen LogP contribution in [0.5, 0.6) is 11.5 Å². The van der Waals surface area contributed by atoms with E-state index in [4.69, 9.17) is 9.47 Å². The molecule has 0 spiro atoms. The molecule has 0 radical (unpaired) electrons. The summed E-state index contributed by atoms with van der Waals surface area (Å²) in [5.41, 5.74) is 4.23. The number of rotatable bonds is 4. The molecular weight excluding hydrogens is 428 g/mol. The Bertz CT molecular complexity index is 1120. The van der Waals surface area contributed by atoms with E-state index in [0.717, 1.165) is 30.7 Å². The Morgan fingerprint density at radius 3 is 2.68 bits per heavy atom. The Morgan fingerprint density at radius 1 is 1.12 bits per heavy atom. The third-order valence-corrected chi connectivity index (χ3v) is 6.36. The lowest BCUT2D eigenvalue weighted by Crippen LogP contribution is -2.38. The van der Waals surface area contributed by atoms with Crippen LogP contribution in [0.1, 0.15) is 48.5 Å². The molecule has 0 saturated heterocycles. The van der Waals surface area contributed by atoms with Crippen molar-refractivity contribution in [1.29, 1.82) is 0 Å². The van der Waals surface area contributed by atoms with Crippen LogP contribution < -0.4 is 14.8 Å². The summed E-state index contributed by atoms with van der Waals surface area (Å²) in [7, 11) is 6.18. The molecule has 5 rings (SSSR count). The van der Waals surface area contributed by atoms with Crippen LogP contribution in [-0.2, 0) is 13.6 Å². The predicted octanol–water partition coefficient (Wildman–Crippen LogP) is 4.40. The van der Waals surface area contributed by atoms with Crippen LogP contribution in [-0.4, -0.2) is 53.7 Å². The van der Waals surface area contributed by atoms with Crippen LogP contribution in [0.25, 0.3) is 11.0 Å². The molecule has 34 heavy (non-hydrogen) atoms. The zero-order valence-electron chi connectivity index (χ0n) is 20.7. The van der Waals surface area contributed by atoms with Crippen LogP contribution in [0.15, 0.2) is 42.7 Å². The van der Waals surface area contributed by atoms with Gasteiger partial charge < -0.3 is 24.3 Å². The number of aromatic nitrogens is 2. The van der Waals surface area contributed by atoms with Gasteiger partial charge in [-0.25, -0.2) is 4.98 Å². The summed E-state index contributed by atoms with van der Waals surface area (Å²) in [4.78, 5) is 18.7. The molecule has 7 nitrogen and oxygen atoms in total. The van der Waals surface area contributed by atoms with Gasteiger partial charge in [0.1, 0.15) is 13.2 Å². The van der Waals surface area contributed by atoms with E-state index in [1.54, 1.807) is 12.1 Å². The van der Waals surface area contributed by atoms with Gasteiger partial charge in [-0.2, -0.15) is 0 Å². The highest BCUT2D eigenvalue weighted by atomic mass is 16.6. The van der Waals surface area contributed by atoms with E-state index in [0.29, 0.717) is 36.5 Å². The van der Waals surface area contributed by atoms with Crippen LogP contribution in [0, 0.1) is 5.92 Å². The molecule has 1 N–H and O–H groups in total. The maximum Gasteiger partial charge on any atom is 0.251 e. The smallest absolute Gasteiger partial charge is 0.251 e. The van der Waals surface area contributed by atoms with Gasteiger partial charge in [0.2, 0.25) is 0 Å². The molecule has 2 atom stereocenters. The lowest BCUT2D eigenvalue weighted by molar-refractivity contribution is 0.0920. The molecule has 1 amide bonds. The van der Waals surface area contributed by atoms with Gasteiger partial charge >= 0.3 is 0 Å². The molecule has 1 aliphatic heterocycles. The maximum absolute atomic E-state index is 12.3. The Hall–Kier alpha value is -3.06. The first kappa shape index (κ1) is 24.1. The van der Waals surface area contributed by atoms with Gasteiger partial charge in [0.15, 0.2) is 11.5 Å². The SMILES string of the molecule is CC1CCCC(NC(=O)c2ccc3c(c2)OCCO3)C1.CN(C)Cc1ccc2ncn(C)c2c1. The fourth-order valence-corrected chi connectivity index (χ4v) is 4.65. The highest BCUT2D eigenvalue weighted by Crippen LogP contribution is 2.31. The number of hydrogen-bond acceptors (Lipinski definition) is 5. The highest BCUT2D eigenvalue weighted by molar-refractivity contribution is 5.95. The first-order valence-electron chi connectivity index (χ1n) is 12.1. The average Bonchev–Trinajstić information content (AvgIpc) is 3.19. The van der Waals surface area contributed by atoms with Crippen molar-refractivity contribution in [2.75, 3.05) is 27.3 Å². The van der Waals surface area contributed by atoms with Gasteiger partial charge in [0, 0.05) is 25.2 Å². The van der Waals surface area contributed by atoms with Gasteiger partial charge in [-0.1, -0.05) is 25.8 Å².